The van der Waals surface area contributed by atoms with E-state index >= 15 is 0 Å². The van der Waals surface area contributed by atoms with Crippen LogP contribution < -0.4 is 0 Å². The second-order valence-electron chi connectivity index (χ2n) is 10.4. The van der Waals surface area contributed by atoms with Crippen LogP contribution in [0.1, 0.15) is 149 Å². The Labute approximate surface area is 219 Å². The Kier molecular flexibility index (Phi) is 19.5. The zero-order valence-corrected chi connectivity index (χ0v) is 23.3. The molecule has 0 saturated carbocycles. The van der Waals surface area contributed by atoms with Gasteiger partial charge in [-0.1, -0.05) is 124 Å². The summed E-state index contributed by atoms with van der Waals surface area (Å²) in [7, 11) is 0. The first-order valence-electron chi connectivity index (χ1n) is 14.6. The van der Waals surface area contributed by atoms with Crippen molar-refractivity contribution in [3.05, 3.63) is 0 Å². The topological polar surface area (TPSA) is 121 Å². The van der Waals surface area contributed by atoms with Gasteiger partial charge < -0.3 is 20.1 Å². The Hall–Kier alpha value is -1.63. The molecule has 0 aromatic rings. The standard InChI is InChI=1S/C29H54O7/c1-4-7-9-11-13-14-15-16-17-19-22-28(21-6-3,26(32)33)29(27(34)35,24-25(30)31)36-23-20-18-12-10-8-5-2/h4-24H2,1-3H3,(H,30,31)(H,32,33)(H,34,35). The highest BCUT2D eigenvalue weighted by Crippen LogP contribution is 2.47. The van der Waals surface area contributed by atoms with Crippen molar-refractivity contribution in [2.75, 3.05) is 6.61 Å². The average Bonchev–Trinajstić information content (AvgIpc) is 2.82. The number of hydrogen-bond donors (Lipinski definition) is 3. The minimum atomic E-state index is -2.29. The fourth-order valence-corrected chi connectivity index (χ4v) is 5.30. The lowest BCUT2D eigenvalue weighted by Crippen LogP contribution is -2.61. The van der Waals surface area contributed by atoms with Gasteiger partial charge in [0.05, 0.1) is 6.42 Å². The molecule has 0 fully saturated rings. The SMILES string of the molecule is CCCCCCCCCCCCC(CCC)(C(=O)O)C(CC(=O)O)(OCCCCCCCC)C(=O)O. The number of carbonyl (C=O) groups is 3. The van der Waals surface area contributed by atoms with Crippen molar-refractivity contribution in [1.82, 2.24) is 0 Å². The Bertz CT molecular complexity index is 606. The number of rotatable bonds is 26. The number of unbranched alkanes of at least 4 members (excludes halogenated alkanes) is 14. The minimum Gasteiger partial charge on any atom is -0.481 e. The molecule has 0 aromatic carbocycles. The van der Waals surface area contributed by atoms with Crippen LogP contribution in [0.5, 0.6) is 0 Å². The summed E-state index contributed by atoms with van der Waals surface area (Å²) < 4.78 is 5.87. The van der Waals surface area contributed by atoms with Crippen molar-refractivity contribution in [2.24, 2.45) is 5.41 Å². The summed E-state index contributed by atoms with van der Waals surface area (Å²) in [5, 5.41) is 30.2. The van der Waals surface area contributed by atoms with Crippen LogP contribution in [-0.2, 0) is 19.1 Å². The van der Waals surface area contributed by atoms with Crippen LogP contribution in [-0.4, -0.2) is 45.4 Å². The van der Waals surface area contributed by atoms with Crippen LogP contribution in [0.3, 0.4) is 0 Å². The molecule has 0 aromatic heterocycles. The molecule has 0 rings (SSSR count). The molecular weight excluding hydrogens is 460 g/mol. The van der Waals surface area contributed by atoms with Gasteiger partial charge >= 0.3 is 17.9 Å². The highest BCUT2D eigenvalue weighted by atomic mass is 16.5. The fourth-order valence-electron chi connectivity index (χ4n) is 5.30. The first kappa shape index (κ1) is 34.4. The molecule has 0 bridgehead atoms. The molecule has 2 unspecified atom stereocenters. The van der Waals surface area contributed by atoms with Gasteiger partial charge in [-0.3, -0.25) is 9.59 Å². The predicted molar refractivity (Wildman–Crippen MR) is 143 cm³/mol. The summed E-state index contributed by atoms with van der Waals surface area (Å²) in [5.41, 5.74) is -4.07. The maximum atomic E-state index is 12.7. The van der Waals surface area contributed by atoms with Crippen LogP contribution in [0.25, 0.3) is 0 Å². The summed E-state index contributed by atoms with van der Waals surface area (Å²) in [5.74, 6) is -4.11. The molecule has 2 atom stereocenters. The smallest absolute Gasteiger partial charge is 0.337 e. The zero-order valence-electron chi connectivity index (χ0n) is 23.3. The quantitative estimate of drug-likeness (QED) is 0.100. The second kappa shape index (κ2) is 20.4. The van der Waals surface area contributed by atoms with E-state index in [0.29, 0.717) is 19.3 Å². The molecule has 212 valence electrons. The van der Waals surface area contributed by atoms with E-state index in [-0.39, 0.29) is 19.4 Å². The Morgan fingerprint density at radius 2 is 1.00 bits per heavy atom. The molecule has 0 aliphatic heterocycles. The summed E-state index contributed by atoms with van der Waals surface area (Å²) in [6.07, 6.45) is 16.3. The maximum Gasteiger partial charge on any atom is 0.337 e. The van der Waals surface area contributed by atoms with Crippen LogP contribution in [0.2, 0.25) is 0 Å². The average molecular weight is 515 g/mol. The summed E-state index contributed by atoms with van der Waals surface area (Å²) in [4.78, 5) is 37.1. The zero-order chi connectivity index (χ0) is 27.3. The molecule has 0 spiro atoms. The van der Waals surface area contributed by atoms with E-state index in [1.807, 2.05) is 0 Å². The van der Waals surface area contributed by atoms with E-state index < -0.39 is 35.3 Å². The van der Waals surface area contributed by atoms with Gasteiger partial charge in [0, 0.05) is 6.61 Å². The Morgan fingerprint density at radius 1 is 0.556 bits per heavy atom. The van der Waals surface area contributed by atoms with Crippen LogP contribution in [0, 0.1) is 5.41 Å². The lowest BCUT2D eigenvalue weighted by molar-refractivity contribution is -0.208. The van der Waals surface area contributed by atoms with Crippen molar-refractivity contribution in [3.63, 3.8) is 0 Å². The Balaban J connectivity index is 5.35. The van der Waals surface area contributed by atoms with Crippen LogP contribution in [0.4, 0.5) is 0 Å². The van der Waals surface area contributed by atoms with Gasteiger partial charge in [-0.25, -0.2) is 4.79 Å². The van der Waals surface area contributed by atoms with Crippen molar-refractivity contribution >= 4 is 17.9 Å². The number of carboxylic acids is 3. The molecule has 0 saturated heterocycles. The molecule has 7 heteroatoms. The highest BCUT2D eigenvalue weighted by molar-refractivity contribution is 5.92. The molecule has 0 radical (unpaired) electrons. The predicted octanol–water partition coefficient (Wildman–Crippen LogP) is 7.84. The third-order valence-corrected chi connectivity index (χ3v) is 7.41. The van der Waals surface area contributed by atoms with E-state index in [4.69, 9.17) is 4.74 Å². The van der Waals surface area contributed by atoms with E-state index in [9.17, 15) is 29.7 Å². The third kappa shape index (κ3) is 12.1. The van der Waals surface area contributed by atoms with Gasteiger partial charge in [-0.2, -0.15) is 0 Å². The monoisotopic (exact) mass is 514 g/mol. The van der Waals surface area contributed by atoms with Crippen molar-refractivity contribution in [2.45, 2.75) is 155 Å². The summed E-state index contributed by atoms with van der Waals surface area (Å²) >= 11 is 0. The van der Waals surface area contributed by atoms with Gasteiger partial charge in [-0.05, 0) is 19.3 Å². The number of aliphatic carboxylic acids is 3. The van der Waals surface area contributed by atoms with Gasteiger partial charge in [0.25, 0.3) is 0 Å². The Morgan fingerprint density at radius 3 is 1.39 bits per heavy atom. The molecule has 0 heterocycles. The number of hydrogen-bond acceptors (Lipinski definition) is 4. The molecule has 36 heavy (non-hydrogen) atoms. The van der Waals surface area contributed by atoms with Gasteiger partial charge in [0.15, 0.2) is 5.60 Å². The second-order valence-corrected chi connectivity index (χ2v) is 10.4. The molecule has 0 amide bonds. The van der Waals surface area contributed by atoms with Crippen LogP contribution in [0.15, 0.2) is 0 Å². The third-order valence-electron chi connectivity index (χ3n) is 7.41. The molecule has 3 N–H and O–H groups in total. The fraction of sp³-hybridized carbons (Fsp3) is 0.897. The lowest BCUT2D eigenvalue weighted by atomic mass is 9.64. The molecule has 7 nitrogen and oxygen atoms in total. The largest absolute Gasteiger partial charge is 0.481 e. The highest BCUT2D eigenvalue weighted by Gasteiger charge is 2.62. The first-order chi connectivity index (χ1) is 17.2. The number of carboxylic acid groups (broad SMARTS) is 3. The van der Waals surface area contributed by atoms with E-state index in [0.717, 1.165) is 57.8 Å². The lowest BCUT2D eigenvalue weighted by Gasteiger charge is -2.44. The van der Waals surface area contributed by atoms with Crippen LogP contribution >= 0.6 is 0 Å². The van der Waals surface area contributed by atoms with Gasteiger partial charge in [-0.15, -0.1) is 0 Å². The molecule has 0 aliphatic rings. The van der Waals surface area contributed by atoms with E-state index in [1.54, 1.807) is 6.92 Å². The van der Waals surface area contributed by atoms with Crippen molar-refractivity contribution in [1.29, 1.82) is 0 Å². The normalized spacial score (nSPS) is 14.8. The van der Waals surface area contributed by atoms with Crippen molar-refractivity contribution < 1.29 is 34.4 Å². The first-order valence-corrected chi connectivity index (χ1v) is 14.6. The number of ether oxygens (including phenoxy) is 1. The van der Waals surface area contributed by atoms with Gasteiger partial charge in [0.2, 0.25) is 0 Å². The van der Waals surface area contributed by atoms with E-state index in [2.05, 4.69) is 13.8 Å². The summed E-state index contributed by atoms with van der Waals surface area (Å²) in [6, 6.07) is 0. The summed E-state index contributed by atoms with van der Waals surface area (Å²) in [6.45, 7) is 6.18. The minimum absolute atomic E-state index is 0.0441. The van der Waals surface area contributed by atoms with Crippen molar-refractivity contribution in [3.8, 4) is 0 Å². The molecule has 0 aliphatic carbocycles. The molecular formula is C29H54O7. The van der Waals surface area contributed by atoms with E-state index in [1.165, 1.54) is 32.1 Å². The van der Waals surface area contributed by atoms with Gasteiger partial charge in [0.1, 0.15) is 5.41 Å². The maximum absolute atomic E-state index is 12.7.